The molecule has 15 heavy (non-hydrogen) atoms. The van der Waals surface area contributed by atoms with Crippen molar-refractivity contribution in [2.45, 2.75) is 25.9 Å². The zero-order chi connectivity index (χ0) is 11.4. The minimum atomic E-state index is -0.152. The Kier molecular flexibility index (Phi) is 4.24. The summed E-state index contributed by atoms with van der Waals surface area (Å²) >= 11 is 0. The maximum absolute atomic E-state index is 13.5. The van der Waals surface area contributed by atoms with Gasteiger partial charge in [0.15, 0.2) is 0 Å². The van der Waals surface area contributed by atoms with Gasteiger partial charge in [-0.05, 0) is 27.0 Å². The van der Waals surface area contributed by atoms with Crippen molar-refractivity contribution in [2.75, 3.05) is 13.6 Å². The molecule has 0 aromatic heterocycles. The topological polar surface area (TPSA) is 29.3 Å². The van der Waals surface area contributed by atoms with Crippen molar-refractivity contribution < 1.29 is 4.39 Å². The molecule has 1 aromatic rings. The zero-order valence-corrected chi connectivity index (χ0v) is 9.57. The smallest absolute Gasteiger partial charge is 0.127 e. The average molecular weight is 210 g/mol. The highest BCUT2D eigenvalue weighted by Gasteiger charge is 2.18. The number of nitrogens with two attached hydrogens (primary N) is 1. The van der Waals surface area contributed by atoms with Crippen LogP contribution in [0.4, 0.5) is 4.39 Å². The van der Waals surface area contributed by atoms with E-state index in [4.69, 9.17) is 5.73 Å². The largest absolute Gasteiger partial charge is 0.329 e. The summed E-state index contributed by atoms with van der Waals surface area (Å²) in [5.41, 5.74) is 6.31. The number of halogens is 1. The molecule has 0 aliphatic rings. The Balaban J connectivity index is 2.85. The van der Waals surface area contributed by atoms with Gasteiger partial charge in [-0.2, -0.15) is 0 Å². The molecule has 0 amide bonds. The molecule has 0 radical (unpaired) electrons. The summed E-state index contributed by atoms with van der Waals surface area (Å²) in [6.07, 6.45) is 0. The lowest BCUT2D eigenvalue weighted by molar-refractivity contribution is 0.198. The van der Waals surface area contributed by atoms with Gasteiger partial charge in [0.25, 0.3) is 0 Å². The third kappa shape index (κ3) is 2.76. The first-order chi connectivity index (χ1) is 7.07. The molecular weight excluding hydrogens is 191 g/mol. The van der Waals surface area contributed by atoms with Gasteiger partial charge >= 0.3 is 0 Å². The molecule has 0 saturated carbocycles. The fourth-order valence-corrected chi connectivity index (χ4v) is 1.58. The van der Waals surface area contributed by atoms with Gasteiger partial charge in [0.05, 0.1) is 0 Å². The van der Waals surface area contributed by atoms with Gasteiger partial charge in [-0.3, -0.25) is 4.90 Å². The van der Waals surface area contributed by atoms with E-state index in [1.165, 1.54) is 6.07 Å². The number of rotatable bonds is 4. The summed E-state index contributed by atoms with van der Waals surface area (Å²) in [7, 11) is 1.97. The molecule has 2 N–H and O–H groups in total. The molecule has 0 fully saturated rings. The summed E-state index contributed by atoms with van der Waals surface area (Å²) in [5.74, 6) is -0.152. The van der Waals surface area contributed by atoms with Gasteiger partial charge in [0, 0.05) is 24.2 Å². The normalized spacial score (nSPS) is 15.3. The monoisotopic (exact) mass is 210 g/mol. The molecule has 1 rings (SSSR count). The maximum Gasteiger partial charge on any atom is 0.127 e. The lowest BCUT2D eigenvalue weighted by Crippen LogP contribution is -2.37. The lowest BCUT2D eigenvalue weighted by atomic mass is 10.1. The van der Waals surface area contributed by atoms with Crippen molar-refractivity contribution in [3.05, 3.63) is 35.6 Å². The SMILES string of the molecule is CC(CN)N(C)C(C)c1ccccc1F. The summed E-state index contributed by atoms with van der Waals surface area (Å²) in [6, 6.07) is 7.17. The summed E-state index contributed by atoms with van der Waals surface area (Å²) in [6.45, 7) is 4.61. The number of nitrogens with zero attached hydrogens (tertiary/aromatic N) is 1. The molecule has 0 saturated heterocycles. The third-order valence-corrected chi connectivity index (χ3v) is 3.00. The van der Waals surface area contributed by atoms with Crippen LogP contribution in [0.3, 0.4) is 0 Å². The van der Waals surface area contributed by atoms with E-state index in [1.807, 2.05) is 33.0 Å². The van der Waals surface area contributed by atoms with Crippen molar-refractivity contribution in [2.24, 2.45) is 5.73 Å². The molecule has 0 aliphatic heterocycles. The van der Waals surface area contributed by atoms with Crippen molar-refractivity contribution in [3.8, 4) is 0 Å². The van der Waals surface area contributed by atoms with Crippen LogP contribution in [0.5, 0.6) is 0 Å². The van der Waals surface area contributed by atoms with Gasteiger partial charge in [-0.25, -0.2) is 4.39 Å². The van der Waals surface area contributed by atoms with Crippen LogP contribution in [-0.4, -0.2) is 24.5 Å². The van der Waals surface area contributed by atoms with Crippen molar-refractivity contribution in [3.63, 3.8) is 0 Å². The highest BCUT2D eigenvalue weighted by molar-refractivity contribution is 5.20. The summed E-state index contributed by atoms with van der Waals surface area (Å²) in [4.78, 5) is 2.08. The Morgan fingerprint density at radius 3 is 2.47 bits per heavy atom. The summed E-state index contributed by atoms with van der Waals surface area (Å²) < 4.78 is 13.5. The second-order valence-electron chi connectivity index (χ2n) is 3.95. The fourth-order valence-electron chi connectivity index (χ4n) is 1.58. The molecule has 84 valence electrons. The van der Waals surface area contributed by atoms with Gasteiger partial charge in [0.1, 0.15) is 5.82 Å². The molecule has 0 aliphatic carbocycles. The Morgan fingerprint density at radius 1 is 1.33 bits per heavy atom. The Bertz CT molecular complexity index is 314. The van der Waals surface area contributed by atoms with Crippen LogP contribution in [0.25, 0.3) is 0 Å². The summed E-state index contributed by atoms with van der Waals surface area (Å²) in [5, 5.41) is 0. The highest BCUT2D eigenvalue weighted by Crippen LogP contribution is 2.22. The molecule has 0 spiro atoms. The minimum absolute atomic E-state index is 0.0461. The van der Waals surface area contributed by atoms with Crippen molar-refractivity contribution in [1.82, 2.24) is 4.90 Å². The van der Waals surface area contributed by atoms with Crippen LogP contribution >= 0.6 is 0 Å². The predicted molar refractivity (Wildman–Crippen MR) is 61.1 cm³/mol. The first-order valence-corrected chi connectivity index (χ1v) is 5.24. The second-order valence-corrected chi connectivity index (χ2v) is 3.95. The van der Waals surface area contributed by atoms with Crippen LogP contribution in [0, 0.1) is 5.82 Å². The standard InChI is InChI=1S/C12H19FN2/c1-9(8-14)15(3)10(2)11-6-4-5-7-12(11)13/h4-7,9-10H,8,14H2,1-3H3. The molecule has 3 heteroatoms. The number of benzene rings is 1. The lowest BCUT2D eigenvalue weighted by Gasteiger charge is -2.30. The number of hydrogen-bond acceptors (Lipinski definition) is 2. The van der Waals surface area contributed by atoms with E-state index in [1.54, 1.807) is 6.07 Å². The van der Waals surface area contributed by atoms with Crippen LogP contribution in [-0.2, 0) is 0 Å². The van der Waals surface area contributed by atoms with E-state index in [0.29, 0.717) is 6.54 Å². The molecule has 0 bridgehead atoms. The van der Waals surface area contributed by atoms with Crippen LogP contribution < -0.4 is 5.73 Å². The van der Waals surface area contributed by atoms with E-state index >= 15 is 0 Å². The molecule has 1 aromatic carbocycles. The molecule has 0 heterocycles. The van der Waals surface area contributed by atoms with E-state index in [2.05, 4.69) is 4.90 Å². The maximum atomic E-state index is 13.5. The number of likely N-dealkylation sites (N-methyl/N-ethyl adjacent to an activating group) is 1. The van der Waals surface area contributed by atoms with E-state index < -0.39 is 0 Å². The van der Waals surface area contributed by atoms with E-state index in [-0.39, 0.29) is 17.9 Å². The van der Waals surface area contributed by atoms with E-state index in [9.17, 15) is 4.39 Å². The molecule has 2 unspecified atom stereocenters. The van der Waals surface area contributed by atoms with Gasteiger partial charge < -0.3 is 5.73 Å². The van der Waals surface area contributed by atoms with Crippen LogP contribution in [0.15, 0.2) is 24.3 Å². The van der Waals surface area contributed by atoms with Gasteiger partial charge in [0.2, 0.25) is 0 Å². The van der Waals surface area contributed by atoms with Crippen molar-refractivity contribution in [1.29, 1.82) is 0 Å². The molecule has 2 nitrogen and oxygen atoms in total. The Morgan fingerprint density at radius 2 is 1.93 bits per heavy atom. The fraction of sp³-hybridized carbons (Fsp3) is 0.500. The minimum Gasteiger partial charge on any atom is -0.329 e. The second kappa shape index (κ2) is 5.24. The third-order valence-electron chi connectivity index (χ3n) is 3.00. The Hall–Kier alpha value is -0.930. The van der Waals surface area contributed by atoms with Crippen LogP contribution in [0.1, 0.15) is 25.5 Å². The van der Waals surface area contributed by atoms with Gasteiger partial charge in [-0.15, -0.1) is 0 Å². The van der Waals surface area contributed by atoms with Gasteiger partial charge in [-0.1, -0.05) is 18.2 Å². The van der Waals surface area contributed by atoms with Crippen LogP contribution in [0.2, 0.25) is 0 Å². The van der Waals surface area contributed by atoms with E-state index in [0.717, 1.165) is 5.56 Å². The quantitative estimate of drug-likeness (QED) is 0.825. The first-order valence-electron chi connectivity index (χ1n) is 5.24. The highest BCUT2D eigenvalue weighted by atomic mass is 19.1. The predicted octanol–water partition coefficient (Wildman–Crippen LogP) is 2.17. The first kappa shape index (κ1) is 12.1. The molecule has 2 atom stereocenters. The number of hydrogen-bond donors (Lipinski definition) is 1. The zero-order valence-electron chi connectivity index (χ0n) is 9.57. The Labute approximate surface area is 90.9 Å². The molecular formula is C12H19FN2. The average Bonchev–Trinajstić information content (AvgIpc) is 2.26. The van der Waals surface area contributed by atoms with Crippen molar-refractivity contribution >= 4 is 0 Å².